The van der Waals surface area contributed by atoms with Gasteiger partial charge in [0, 0.05) is 23.3 Å². The number of hydrogen-bond acceptors (Lipinski definition) is 4. The maximum absolute atomic E-state index is 12.5. The van der Waals surface area contributed by atoms with Crippen molar-refractivity contribution in [3.8, 4) is 6.07 Å². The van der Waals surface area contributed by atoms with Crippen molar-refractivity contribution in [2.24, 2.45) is 0 Å². The summed E-state index contributed by atoms with van der Waals surface area (Å²) in [6.45, 7) is 3.66. The molecule has 0 spiro atoms. The minimum atomic E-state index is -0.630. The van der Waals surface area contributed by atoms with E-state index >= 15 is 0 Å². The average molecular weight is 397 g/mol. The van der Waals surface area contributed by atoms with E-state index in [1.807, 2.05) is 44.2 Å². The van der Waals surface area contributed by atoms with Crippen molar-refractivity contribution in [1.82, 2.24) is 0 Å². The van der Waals surface area contributed by atoms with E-state index in [-0.39, 0.29) is 18.9 Å². The molecule has 1 amide bonds. The molecule has 28 heavy (non-hydrogen) atoms. The van der Waals surface area contributed by atoms with E-state index in [1.54, 1.807) is 24.3 Å². The van der Waals surface area contributed by atoms with E-state index in [0.717, 1.165) is 16.7 Å². The van der Waals surface area contributed by atoms with Crippen LogP contribution in [0.1, 0.15) is 23.1 Å². The first-order valence-electron chi connectivity index (χ1n) is 8.75. The van der Waals surface area contributed by atoms with Crippen LogP contribution < -0.4 is 4.90 Å². The minimum Gasteiger partial charge on any atom is -0.452 e. The summed E-state index contributed by atoms with van der Waals surface area (Å²) in [4.78, 5) is 25.9. The Hall–Kier alpha value is -3.10. The Labute approximate surface area is 169 Å². The Morgan fingerprint density at radius 2 is 1.89 bits per heavy atom. The zero-order chi connectivity index (χ0) is 20.5. The third-order valence-corrected chi connectivity index (χ3v) is 4.45. The van der Waals surface area contributed by atoms with Gasteiger partial charge in [0.25, 0.3) is 5.91 Å². The quantitative estimate of drug-likeness (QED) is 0.511. The van der Waals surface area contributed by atoms with E-state index in [9.17, 15) is 9.59 Å². The highest BCUT2D eigenvalue weighted by molar-refractivity contribution is 6.31. The van der Waals surface area contributed by atoms with Gasteiger partial charge in [-0.1, -0.05) is 41.4 Å². The van der Waals surface area contributed by atoms with Crippen LogP contribution in [0.3, 0.4) is 0 Å². The number of aryl methyl sites for hydroxylation is 2. The Bertz CT molecular complexity index is 914. The average Bonchev–Trinajstić information content (AvgIpc) is 2.68. The highest BCUT2D eigenvalue weighted by Gasteiger charge is 2.17. The first-order chi connectivity index (χ1) is 13.4. The van der Waals surface area contributed by atoms with Crippen molar-refractivity contribution in [3.05, 3.63) is 70.3 Å². The molecule has 0 fully saturated rings. The number of carbonyl (C=O) groups excluding carboxylic acids is 2. The van der Waals surface area contributed by atoms with Gasteiger partial charge in [-0.15, -0.1) is 0 Å². The summed E-state index contributed by atoms with van der Waals surface area (Å²) in [7, 11) is 0. The molecule has 0 atom stereocenters. The number of nitriles is 1. The molecular formula is C22H21ClN2O3. The third kappa shape index (κ3) is 6.26. The molecule has 0 saturated carbocycles. The number of ether oxygens (including phenoxy) is 1. The summed E-state index contributed by atoms with van der Waals surface area (Å²) in [5.74, 6) is -1.02. The number of hydrogen-bond donors (Lipinski definition) is 0. The Morgan fingerprint density at radius 3 is 2.54 bits per heavy atom. The second-order valence-corrected chi connectivity index (χ2v) is 6.65. The Morgan fingerprint density at radius 1 is 1.18 bits per heavy atom. The van der Waals surface area contributed by atoms with Crippen LogP contribution in [0, 0.1) is 25.2 Å². The van der Waals surface area contributed by atoms with E-state index in [0.29, 0.717) is 10.7 Å². The maximum Gasteiger partial charge on any atom is 0.331 e. The molecule has 0 radical (unpaired) electrons. The van der Waals surface area contributed by atoms with E-state index in [4.69, 9.17) is 21.6 Å². The fourth-order valence-electron chi connectivity index (χ4n) is 2.42. The Balaban J connectivity index is 1.97. The van der Waals surface area contributed by atoms with E-state index < -0.39 is 12.6 Å². The van der Waals surface area contributed by atoms with Gasteiger partial charge in [-0.25, -0.2) is 4.79 Å². The molecule has 0 unspecified atom stereocenters. The number of benzene rings is 2. The van der Waals surface area contributed by atoms with Crippen molar-refractivity contribution < 1.29 is 14.3 Å². The fraction of sp³-hybridized carbons (Fsp3) is 0.227. The van der Waals surface area contributed by atoms with E-state index in [1.165, 1.54) is 11.0 Å². The molecule has 0 saturated heterocycles. The van der Waals surface area contributed by atoms with Gasteiger partial charge in [0.1, 0.15) is 0 Å². The lowest BCUT2D eigenvalue weighted by atomic mass is 10.1. The summed E-state index contributed by atoms with van der Waals surface area (Å²) in [6.07, 6.45) is 3.01. The van der Waals surface area contributed by atoms with Gasteiger partial charge in [0.05, 0.1) is 12.5 Å². The van der Waals surface area contributed by atoms with E-state index in [2.05, 4.69) is 0 Å². The van der Waals surface area contributed by atoms with Crippen molar-refractivity contribution >= 4 is 35.2 Å². The van der Waals surface area contributed by atoms with Crippen LogP contribution in [-0.4, -0.2) is 25.0 Å². The SMILES string of the molecule is Cc1ccc(N(CCC#N)C(=O)COC(=O)/C=C/c2ccc(C)c(Cl)c2)cc1. The second kappa shape index (κ2) is 10.3. The molecule has 2 aromatic rings. The second-order valence-electron chi connectivity index (χ2n) is 6.24. The van der Waals surface area contributed by atoms with Gasteiger partial charge in [0.15, 0.2) is 6.61 Å². The molecule has 0 aliphatic carbocycles. The monoisotopic (exact) mass is 396 g/mol. The van der Waals surface area contributed by atoms with Crippen molar-refractivity contribution in [3.63, 3.8) is 0 Å². The lowest BCUT2D eigenvalue weighted by molar-refractivity contribution is -0.142. The normalized spacial score (nSPS) is 10.5. The van der Waals surface area contributed by atoms with Gasteiger partial charge >= 0.3 is 5.97 Å². The largest absolute Gasteiger partial charge is 0.452 e. The maximum atomic E-state index is 12.5. The zero-order valence-corrected chi connectivity index (χ0v) is 16.6. The van der Waals surface area contributed by atoms with Gasteiger partial charge in [-0.3, -0.25) is 4.79 Å². The molecule has 0 aromatic heterocycles. The number of anilines is 1. The molecule has 0 aliphatic heterocycles. The van der Waals surface area contributed by atoms with Crippen molar-refractivity contribution in [2.75, 3.05) is 18.1 Å². The first kappa shape index (κ1) is 21.2. The van der Waals surface area contributed by atoms with Crippen LogP contribution in [0.25, 0.3) is 6.08 Å². The lowest BCUT2D eigenvalue weighted by Gasteiger charge is -2.21. The first-order valence-corrected chi connectivity index (χ1v) is 9.13. The molecule has 2 rings (SSSR count). The minimum absolute atomic E-state index is 0.182. The standard InChI is InChI=1S/C22H21ClN2O3/c1-16-4-9-19(10-5-16)25(13-3-12-24)21(26)15-28-22(27)11-8-18-7-6-17(2)20(23)14-18/h4-11,14H,3,13,15H2,1-2H3/b11-8+. The number of halogens is 1. The molecule has 144 valence electrons. The summed E-state index contributed by atoms with van der Waals surface area (Å²) in [5, 5.41) is 9.44. The number of rotatable bonds is 7. The molecule has 0 N–H and O–H groups in total. The topological polar surface area (TPSA) is 70.4 Å². The fourth-order valence-corrected chi connectivity index (χ4v) is 2.61. The Kier molecular flexibility index (Phi) is 7.79. The zero-order valence-electron chi connectivity index (χ0n) is 15.8. The van der Waals surface area contributed by atoms with Crippen LogP contribution in [0.15, 0.2) is 48.5 Å². The molecule has 0 bridgehead atoms. The summed E-state index contributed by atoms with van der Waals surface area (Å²) in [6, 6.07) is 14.8. The number of carbonyl (C=O) groups is 2. The van der Waals surface area contributed by atoms with Gasteiger partial charge in [-0.05, 0) is 49.2 Å². The molecular weight excluding hydrogens is 376 g/mol. The summed E-state index contributed by atoms with van der Waals surface area (Å²) in [5.41, 5.74) is 3.42. The highest BCUT2D eigenvalue weighted by Crippen LogP contribution is 2.18. The lowest BCUT2D eigenvalue weighted by Crippen LogP contribution is -2.35. The predicted molar refractivity (Wildman–Crippen MR) is 110 cm³/mol. The molecule has 0 heterocycles. The number of esters is 1. The van der Waals surface area contributed by atoms with Crippen LogP contribution in [0.4, 0.5) is 5.69 Å². The molecule has 5 nitrogen and oxygen atoms in total. The summed E-state index contributed by atoms with van der Waals surface area (Å²) >= 11 is 6.05. The molecule has 6 heteroatoms. The molecule has 0 aliphatic rings. The van der Waals surface area contributed by atoms with Gasteiger partial charge in [0.2, 0.25) is 0 Å². The molecule has 2 aromatic carbocycles. The number of amides is 1. The smallest absolute Gasteiger partial charge is 0.331 e. The van der Waals surface area contributed by atoms with Crippen LogP contribution >= 0.6 is 11.6 Å². The highest BCUT2D eigenvalue weighted by atomic mass is 35.5. The van der Waals surface area contributed by atoms with Crippen LogP contribution in [0.2, 0.25) is 5.02 Å². The van der Waals surface area contributed by atoms with Crippen molar-refractivity contribution in [1.29, 1.82) is 5.26 Å². The van der Waals surface area contributed by atoms with Crippen LogP contribution in [0.5, 0.6) is 0 Å². The van der Waals surface area contributed by atoms with Crippen molar-refractivity contribution in [2.45, 2.75) is 20.3 Å². The third-order valence-electron chi connectivity index (χ3n) is 4.04. The van der Waals surface area contributed by atoms with Crippen LogP contribution in [-0.2, 0) is 14.3 Å². The summed E-state index contributed by atoms with van der Waals surface area (Å²) < 4.78 is 5.05. The van der Waals surface area contributed by atoms with Gasteiger partial charge in [-0.2, -0.15) is 5.26 Å². The van der Waals surface area contributed by atoms with Gasteiger partial charge < -0.3 is 9.64 Å². The number of nitrogens with zero attached hydrogens (tertiary/aromatic N) is 2. The predicted octanol–water partition coefficient (Wildman–Crippen LogP) is 4.46.